The van der Waals surface area contributed by atoms with E-state index in [1.807, 2.05) is 0 Å². The molecule has 2 radical (unpaired) electrons. The molecule has 1 saturated heterocycles. The molecular formula is C7H13N. The number of piperidine rings is 1. The number of hydrogen-bond acceptors (Lipinski definition) is 1. The van der Waals surface area contributed by atoms with Crippen molar-refractivity contribution in [3.8, 4) is 0 Å². The van der Waals surface area contributed by atoms with Crippen LogP contribution in [0.3, 0.4) is 0 Å². The monoisotopic (exact) mass is 111 g/mol. The van der Waals surface area contributed by atoms with Crippen molar-refractivity contribution in [3.63, 3.8) is 0 Å². The molecule has 0 N–H and O–H groups in total. The Morgan fingerprint density at radius 2 is 2.38 bits per heavy atom. The Balaban J connectivity index is 2.13. The molecule has 1 heteroatoms. The first-order chi connectivity index (χ1) is 3.93. The average Bonchev–Trinajstić information content (AvgIpc) is 1.90. The molecule has 0 aromatic heterocycles. The van der Waals surface area contributed by atoms with Gasteiger partial charge in [-0.15, -0.1) is 0 Å². The molecule has 1 heterocycles. The SMILES string of the molecule is CCN1[C]CCCC1. The van der Waals surface area contributed by atoms with Crippen LogP contribution < -0.4 is 0 Å². The van der Waals surface area contributed by atoms with Crippen molar-refractivity contribution in [2.24, 2.45) is 0 Å². The molecular weight excluding hydrogens is 98.1 g/mol. The van der Waals surface area contributed by atoms with E-state index in [0.29, 0.717) is 0 Å². The van der Waals surface area contributed by atoms with E-state index in [0.717, 1.165) is 6.54 Å². The Morgan fingerprint density at radius 1 is 1.50 bits per heavy atom. The minimum atomic E-state index is 1.14. The second-order valence-electron chi connectivity index (χ2n) is 2.19. The average molecular weight is 111 g/mol. The van der Waals surface area contributed by atoms with Crippen molar-refractivity contribution in [1.82, 2.24) is 4.90 Å². The van der Waals surface area contributed by atoms with Gasteiger partial charge in [0.1, 0.15) is 0 Å². The van der Waals surface area contributed by atoms with Crippen molar-refractivity contribution < 1.29 is 0 Å². The van der Waals surface area contributed by atoms with Gasteiger partial charge in [-0.05, 0) is 25.9 Å². The smallest absolute Gasteiger partial charge is 0.0615 e. The summed E-state index contributed by atoms with van der Waals surface area (Å²) >= 11 is 0. The van der Waals surface area contributed by atoms with Gasteiger partial charge in [-0.25, -0.2) is 0 Å². The van der Waals surface area contributed by atoms with Crippen LogP contribution in [-0.4, -0.2) is 18.0 Å². The fourth-order valence-corrected chi connectivity index (χ4v) is 1.01. The lowest BCUT2D eigenvalue weighted by Gasteiger charge is -2.22. The largest absolute Gasteiger partial charge is 0.294 e. The third-order valence-electron chi connectivity index (χ3n) is 1.57. The van der Waals surface area contributed by atoms with Crippen molar-refractivity contribution in [1.29, 1.82) is 0 Å². The lowest BCUT2D eigenvalue weighted by molar-refractivity contribution is 0.295. The third kappa shape index (κ3) is 1.48. The molecule has 0 aromatic carbocycles. The van der Waals surface area contributed by atoms with Crippen molar-refractivity contribution in [3.05, 3.63) is 6.54 Å². The van der Waals surface area contributed by atoms with E-state index in [1.54, 1.807) is 0 Å². The second kappa shape index (κ2) is 3.08. The predicted octanol–water partition coefficient (Wildman–Crippen LogP) is 1.53. The summed E-state index contributed by atoms with van der Waals surface area (Å²) < 4.78 is 0. The van der Waals surface area contributed by atoms with Crippen molar-refractivity contribution >= 4 is 0 Å². The maximum absolute atomic E-state index is 3.30. The highest BCUT2D eigenvalue weighted by molar-refractivity contribution is 4.72. The fourth-order valence-electron chi connectivity index (χ4n) is 1.01. The molecule has 0 bridgehead atoms. The number of nitrogens with zero attached hydrogens (tertiary/aromatic N) is 1. The summed E-state index contributed by atoms with van der Waals surface area (Å²) in [5, 5.41) is 0. The van der Waals surface area contributed by atoms with Crippen LogP contribution in [-0.2, 0) is 0 Å². The Morgan fingerprint density at radius 3 is 2.75 bits per heavy atom. The van der Waals surface area contributed by atoms with Gasteiger partial charge in [0, 0.05) is 0 Å². The Hall–Kier alpha value is -0.0400. The number of hydrogen-bond donors (Lipinski definition) is 0. The highest BCUT2D eigenvalue weighted by Gasteiger charge is 2.06. The van der Waals surface area contributed by atoms with Crippen molar-refractivity contribution in [2.45, 2.75) is 26.2 Å². The van der Waals surface area contributed by atoms with Crippen LogP contribution in [0.1, 0.15) is 26.2 Å². The molecule has 46 valence electrons. The van der Waals surface area contributed by atoms with Gasteiger partial charge in [0.15, 0.2) is 0 Å². The molecule has 0 aliphatic carbocycles. The quantitative estimate of drug-likeness (QED) is 0.496. The molecule has 8 heavy (non-hydrogen) atoms. The lowest BCUT2D eigenvalue weighted by atomic mass is 10.1. The number of likely N-dealkylation sites (tertiary alicyclic amines) is 1. The van der Waals surface area contributed by atoms with E-state index in [4.69, 9.17) is 0 Å². The van der Waals surface area contributed by atoms with E-state index < -0.39 is 0 Å². The maximum atomic E-state index is 3.30. The summed E-state index contributed by atoms with van der Waals surface area (Å²) in [6.07, 6.45) is 3.88. The van der Waals surface area contributed by atoms with Crippen LogP contribution in [0.2, 0.25) is 0 Å². The van der Waals surface area contributed by atoms with E-state index >= 15 is 0 Å². The Labute approximate surface area is 51.7 Å². The van der Waals surface area contributed by atoms with Crippen molar-refractivity contribution in [2.75, 3.05) is 13.1 Å². The van der Waals surface area contributed by atoms with Crippen LogP contribution in [0.15, 0.2) is 0 Å². The molecule has 0 saturated carbocycles. The zero-order chi connectivity index (χ0) is 5.82. The summed E-state index contributed by atoms with van der Waals surface area (Å²) in [5.74, 6) is 0. The second-order valence-corrected chi connectivity index (χ2v) is 2.19. The van der Waals surface area contributed by atoms with Gasteiger partial charge in [0.25, 0.3) is 0 Å². The van der Waals surface area contributed by atoms with Crippen LogP contribution in [0.25, 0.3) is 0 Å². The van der Waals surface area contributed by atoms with Gasteiger partial charge >= 0.3 is 0 Å². The zero-order valence-corrected chi connectivity index (χ0v) is 5.48. The van der Waals surface area contributed by atoms with E-state index in [-0.39, 0.29) is 0 Å². The van der Waals surface area contributed by atoms with Gasteiger partial charge in [0.05, 0.1) is 6.54 Å². The summed E-state index contributed by atoms with van der Waals surface area (Å²) in [7, 11) is 0. The van der Waals surface area contributed by atoms with E-state index in [9.17, 15) is 0 Å². The van der Waals surface area contributed by atoms with Crippen LogP contribution in [0.4, 0.5) is 0 Å². The molecule has 0 atom stereocenters. The minimum Gasteiger partial charge on any atom is -0.294 e. The van der Waals surface area contributed by atoms with Gasteiger partial charge in [0.2, 0.25) is 0 Å². The highest BCUT2D eigenvalue weighted by atomic mass is 15.1. The topological polar surface area (TPSA) is 3.24 Å². The number of rotatable bonds is 1. The Bertz CT molecular complexity index is 55.4. The summed E-state index contributed by atoms with van der Waals surface area (Å²) in [4.78, 5) is 2.27. The predicted molar refractivity (Wildman–Crippen MR) is 34.3 cm³/mol. The van der Waals surface area contributed by atoms with Gasteiger partial charge < -0.3 is 0 Å². The molecule has 1 rings (SSSR count). The van der Waals surface area contributed by atoms with Gasteiger partial charge in [-0.2, -0.15) is 0 Å². The molecule has 1 aliphatic rings. The van der Waals surface area contributed by atoms with E-state index in [1.165, 1.54) is 25.8 Å². The first-order valence-electron chi connectivity index (χ1n) is 3.42. The van der Waals surface area contributed by atoms with Crippen LogP contribution >= 0.6 is 0 Å². The molecule has 1 fully saturated rings. The first-order valence-corrected chi connectivity index (χ1v) is 3.42. The third-order valence-corrected chi connectivity index (χ3v) is 1.57. The van der Waals surface area contributed by atoms with Gasteiger partial charge in [-0.1, -0.05) is 13.3 Å². The molecule has 1 aliphatic heterocycles. The van der Waals surface area contributed by atoms with Crippen LogP contribution in [0.5, 0.6) is 0 Å². The molecule has 1 nitrogen and oxygen atoms in total. The molecule has 0 aromatic rings. The van der Waals surface area contributed by atoms with Crippen LogP contribution in [0, 0.1) is 6.54 Å². The maximum Gasteiger partial charge on any atom is 0.0615 e. The first kappa shape index (κ1) is 6.09. The van der Waals surface area contributed by atoms with E-state index in [2.05, 4.69) is 18.4 Å². The highest BCUT2D eigenvalue weighted by Crippen LogP contribution is 2.10. The molecule has 0 spiro atoms. The minimum absolute atomic E-state index is 1.14. The van der Waals surface area contributed by atoms with Gasteiger partial charge in [-0.3, -0.25) is 4.90 Å². The summed E-state index contributed by atoms with van der Waals surface area (Å²) in [6, 6.07) is 0. The Kier molecular flexibility index (Phi) is 2.34. The summed E-state index contributed by atoms with van der Waals surface area (Å²) in [6.45, 7) is 7.85. The molecule has 0 unspecified atom stereocenters. The summed E-state index contributed by atoms with van der Waals surface area (Å²) in [5.41, 5.74) is 0. The lowest BCUT2D eigenvalue weighted by Crippen LogP contribution is -2.24. The fraction of sp³-hybridized carbons (Fsp3) is 0.857. The standard InChI is InChI=1S/C7H13N/c1-2-8-6-4-3-5-7-8/h2-6H2,1H3. The normalized spacial score (nSPS) is 23.6. The molecule has 0 amide bonds. The zero-order valence-electron chi connectivity index (χ0n) is 5.48.